The number of ether oxygens (including phenoxy) is 1. The highest BCUT2D eigenvalue weighted by Crippen LogP contribution is 2.35. The fourth-order valence-corrected chi connectivity index (χ4v) is 4.19. The summed E-state index contributed by atoms with van der Waals surface area (Å²) in [6.45, 7) is 10.4. The molecule has 0 radical (unpaired) electrons. The van der Waals surface area contributed by atoms with Crippen LogP contribution in [0.2, 0.25) is 0 Å². The number of thioether (sulfide) groups is 1. The number of aliphatic imine (C=N–C) groups is 1. The van der Waals surface area contributed by atoms with E-state index in [0.717, 1.165) is 63.9 Å². The molecule has 2 aliphatic rings. The number of likely N-dealkylation sites (tertiary alicyclic amines) is 1. The van der Waals surface area contributed by atoms with E-state index < -0.39 is 0 Å². The molecule has 0 unspecified atom stereocenters. The van der Waals surface area contributed by atoms with E-state index in [4.69, 9.17) is 9.73 Å². The van der Waals surface area contributed by atoms with Gasteiger partial charge in [0.1, 0.15) is 0 Å². The molecule has 0 aromatic carbocycles. The van der Waals surface area contributed by atoms with Crippen molar-refractivity contribution in [1.29, 1.82) is 0 Å². The average Bonchev–Trinajstić information content (AvgIpc) is 2.99. The highest BCUT2D eigenvalue weighted by molar-refractivity contribution is 14.0. The number of halogens is 1. The van der Waals surface area contributed by atoms with Crippen molar-refractivity contribution in [1.82, 2.24) is 10.2 Å². The second kappa shape index (κ2) is 10.2. The summed E-state index contributed by atoms with van der Waals surface area (Å²) < 4.78 is 5.84. The van der Waals surface area contributed by atoms with Crippen LogP contribution in [0.15, 0.2) is 4.99 Å². The number of guanidine groups is 1. The van der Waals surface area contributed by atoms with E-state index in [1.54, 1.807) is 0 Å². The normalized spacial score (nSPS) is 22.0. The third kappa shape index (κ3) is 5.78. The van der Waals surface area contributed by atoms with Crippen molar-refractivity contribution in [2.45, 2.75) is 44.3 Å². The van der Waals surface area contributed by atoms with Gasteiger partial charge in [-0.3, -0.25) is 4.99 Å². The molecular formula is C15H30IN3OS. The molecule has 0 aromatic heterocycles. The van der Waals surface area contributed by atoms with Crippen molar-refractivity contribution in [2.24, 2.45) is 4.99 Å². The van der Waals surface area contributed by atoms with Crippen LogP contribution in [0.4, 0.5) is 0 Å². The molecule has 124 valence electrons. The van der Waals surface area contributed by atoms with Crippen LogP contribution in [0.1, 0.15) is 39.5 Å². The summed E-state index contributed by atoms with van der Waals surface area (Å²) >= 11 is 2.07. The lowest BCUT2D eigenvalue weighted by molar-refractivity contribution is 0.0793. The number of nitrogens with one attached hydrogen (secondary N) is 1. The SMILES string of the molecule is CCNC(=NCC1(SCC)CCOCC1)N1CCCC1.I. The number of hydrogen-bond acceptors (Lipinski definition) is 3. The molecule has 0 aliphatic carbocycles. The molecule has 0 spiro atoms. The minimum Gasteiger partial charge on any atom is -0.381 e. The summed E-state index contributed by atoms with van der Waals surface area (Å²) in [6, 6.07) is 0. The lowest BCUT2D eigenvalue weighted by Crippen LogP contribution is -2.42. The second-order valence-corrected chi connectivity index (χ2v) is 7.32. The smallest absolute Gasteiger partial charge is 0.193 e. The van der Waals surface area contributed by atoms with Crippen LogP contribution in [0.25, 0.3) is 0 Å². The number of hydrogen-bond donors (Lipinski definition) is 1. The Hall–Kier alpha value is 0.310. The van der Waals surface area contributed by atoms with E-state index in [1.165, 1.54) is 12.8 Å². The number of rotatable bonds is 5. The zero-order valence-corrected chi connectivity index (χ0v) is 16.5. The van der Waals surface area contributed by atoms with Gasteiger partial charge in [-0.05, 0) is 38.4 Å². The van der Waals surface area contributed by atoms with Crippen LogP contribution in [-0.4, -0.2) is 60.8 Å². The molecule has 2 aliphatic heterocycles. The predicted molar refractivity (Wildman–Crippen MR) is 103 cm³/mol. The molecule has 0 saturated carbocycles. The summed E-state index contributed by atoms with van der Waals surface area (Å²) in [5.41, 5.74) is 0. The van der Waals surface area contributed by atoms with Crippen molar-refractivity contribution < 1.29 is 4.74 Å². The summed E-state index contributed by atoms with van der Waals surface area (Å²) in [7, 11) is 0. The molecule has 0 atom stereocenters. The van der Waals surface area contributed by atoms with Gasteiger partial charge < -0.3 is 15.0 Å². The van der Waals surface area contributed by atoms with Crippen molar-refractivity contribution in [2.75, 3.05) is 45.1 Å². The summed E-state index contributed by atoms with van der Waals surface area (Å²) in [5.74, 6) is 2.28. The Kier molecular flexibility index (Phi) is 9.36. The molecule has 2 heterocycles. The van der Waals surface area contributed by atoms with Gasteiger partial charge in [0.05, 0.1) is 6.54 Å². The van der Waals surface area contributed by atoms with Gasteiger partial charge in [-0.15, -0.1) is 24.0 Å². The molecule has 0 bridgehead atoms. The highest BCUT2D eigenvalue weighted by Gasteiger charge is 2.32. The molecule has 0 aromatic rings. The summed E-state index contributed by atoms with van der Waals surface area (Å²) in [4.78, 5) is 7.37. The van der Waals surface area contributed by atoms with Gasteiger partial charge in [-0.2, -0.15) is 11.8 Å². The fourth-order valence-electron chi connectivity index (χ4n) is 2.97. The molecule has 2 rings (SSSR count). The molecule has 2 fully saturated rings. The van der Waals surface area contributed by atoms with E-state index in [2.05, 4.69) is 35.8 Å². The van der Waals surface area contributed by atoms with Crippen LogP contribution in [-0.2, 0) is 4.74 Å². The molecule has 21 heavy (non-hydrogen) atoms. The Labute approximate surface area is 150 Å². The van der Waals surface area contributed by atoms with Gasteiger partial charge in [0, 0.05) is 37.6 Å². The van der Waals surface area contributed by atoms with Crippen molar-refractivity contribution in [3.8, 4) is 0 Å². The Bertz CT molecular complexity index is 311. The first-order valence-electron chi connectivity index (χ1n) is 8.04. The molecule has 4 nitrogen and oxygen atoms in total. The summed E-state index contributed by atoms with van der Waals surface area (Å²) in [6.07, 6.45) is 4.86. The van der Waals surface area contributed by atoms with Gasteiger partial charge in [-0.1, -0.05) is 6.92 Å². The summed E-state index contributed by atoms with van der Waals surface area (Å²) in [5, 5.41) is 3.46. The van der Waals surface area contributed by atoms with Crippen molar-refractivity contribution in [3.05, 3.63) is 0 Å². The quantitative estimate of drug-likeness (QED) is 0.416. The van der Waals surface area contributed by atoms with Crippen LogP contribution in [0, 0.1) is 0 Å². The molecule has 0 amide bonds. The molecule has 2 saturated heterocycles. The van der Waals surface area contributed by atoms with Crippen LogP contribution >= 0.6 is 35.7 Å². The van der Waals surface area contributed by atoms with Crippen molar-refractivity contribution >= 4 is 41.7 Å². The van der Waals surface area contributed by atoms with Crippen LogP contribution < -0.4 is 5.32 Å². The van der Waals surface area contributed by atoms with Gasteiger partial charge in [-0.25, -0.2) is 0 Å². The fraction of sp³-hybridized carbons (Fsp3) is 0.933. The highest BCUT2D eigenvalue weighted by atomic mass is 127. The zero-order chi connectivity index (χ0) is 14.3. The maximum absolute atomic E-state index is 5.54. The average molecular weight is 427 g/mol. The Morgan fingerprint density at radius 3 is 2.48 bits per heavy atom. The van der Waals surface area contributed by atoms with Crippen LogP contribution in [0.5, 0.6) is 0 Å². The van der Waals surface area contributed by atoms with Gasteiger partial charge in [0.15, 0.2) is 5.96 Å². The third-order valence-corrected chi connectivity index (χ3v) is 5.55. The lowest BCUT2D eigenvalue weighted by Gasteiger charge is -2.35. The van der Waals surface area contributed by atoms with E-state index in [1.807, 2.05) is 0 Å². The van der Waals surface area contributed by atoms with Crippen molar-refractivity contribution in [3.63, 3.8) is 0 Å². The second-order valence-electron chi connectivity index (χ2n) is 5.59. The van der Waals surface area contributed by atoms with Gasteiger partial charge in [0.25, 0.3) is 0 Å². The Balaban J connectivity index is 0.00000220. The molecular weight excluding hydrogens is 397 g/mol. The molecule has 1 N–H and O–H groups in total. The standard InChI is InChI=1S/C15H29N3OS.HI/c1-3-16-14(18-9-5-6-10-18)17-13-15(20-4-2)7-11-19-12-8-15;/h3-13H2,1-2H3,(H,16,17);1H. The Morgan fingerprint density at radius 2 is 1.90 bits per heavy atom. The number of nitrogens with zero attached hydrogens (tertiary/aromatic N) is 2. The van der Waals surface area contributed by atoms with E-state index in [0.29, 0.717) is 4.75 Å². The predicted octanol–water partition coefficient (Wildman–Crippen LogP) is 2.97. The maximum Gasteiger partial charge on any atom is 0.193 e. The minimum atomic E-state index is 0. The monoisotopic (exact) mass is 427 g/mol. The third-order valence-electron chi connectivity index (χ3n) is 4.11. The molecule has 6 heteroatoms. The first kappa shape index (κ1) is 19.4. The first-order valence-corrected chi connectivity index (χ1v) is 9.03. The Morgan fingerprint density at radius 1 is 1.24 bits per heavy atom. The van der Waals surface area contributed by atoms with E-state index in [9.17, 15) is 0 Å². The van der Waals surface area contributed by atoms with Gasteiger partial charge >= 0.3 is 0 Å². The lowest BCUT2D eigenvalue weighted by atomic mass is 9.99. The zero-order valence-electron chi connectivity index (χ0n) is 13.4. The van der Waals surface area contributed by atoms with Crippen LogP contribution in [0.3, 0.4) is 0 Å². The van der Waals surface area contributed by atoms with Gasteiger partial charge in [0.2, 0.25) is 0 Å². The largest absolute Gasteiger partial charge is 0.381 e. The van der Waals surface area contributed by atoms with E-state index >= 15 is 0 Å². The van der Waals surface area contributed by atoms with E-state index in [-0.39, 0.29) is 24.0 Å². The first-order chi connectivity index (χ1) is 9.79. The topological polar surface area (TPSA) is 36.9 Å². The minimum absolute atomic E-state index is 0. The maximum atomic E-state index is 5.54.